The van der Waals surface area contributed by atoms with E-state index < -0.39 is 210 Å². The van der Waals surface area contributed by atoms with Crippen LogP contribution in [0.5, 0.6) is 46.0 Å². The summed E-state index contributed by atoms with van der Waals surface area (Å²) in [7, 11) is 1.49. The molecule has 10 aliphatic rings. The Labute approximate surface area is 622 Å². The lowest BCUT2D eigenvalue weighted by Crippen LogP contribution is -2.61. The zero-order valence-electron chi connectivity index (χ0n) is 58.5. The summed E-state index contributed by atoms with van der Waals surface area (Å²) < 4.78 is 25.7. The van der Waals surface area contributed by atoms with E-state index in [2.05, 4.69) is 31.9 Å². The Morgan fingerprint density at radius 3 is 1.89 bits per heavy atom. The van der Waals surface area contributed by atoms with Crippen LogP contribution in [0, 0.1) is 41.4 Å². The summed E-state index contributed by atoms with van der Waals surface area (Å²) in [5, 5.41) is 112. The predicted octanol–water partition coefficient (Wildman–Crippen LogP) is 4.65. The maximum atomic E-state index is 16.3. The minimum atomic E-state index is -2.22. The van der Waals surface area contributed by atoms with Gasteiger partial charge in [-0.05, 0) is 163 Å². The third-order valence-electron chi connectivity index (χ3n) is 21.5. The zero-order chi connectivity index (χ0) is 76.9. The number of likely N-dealkylation sites (N-methyl/N-ethyl adjacent to an activating group) is 1. The third-order valence-corrected chi connectivity index (χ3v) is 22.1. The number of nitrogens with two attached hydrogens (primary N) is 1. The van der Waals surface area contributed by atoms with Crippen LogP contribution >= 0.6 is 23.2 Å². The molecule has 5 unspecified atom stereocenters. The smallest absolute Gasteiger partial charge is 0.318 e. The second-order valence-corrected chi connectivity index (χ2v) is 30.2. The van der Waals surface area contributed by atoms with Gasteiger partial charge in [-0.1, -0.05) is 55.2 Å². The second kappa shape index (κ2) is 31.7. The van der Waals surface area contributed by atoms with E-state index in [1.807, 2.05) is 19.2 Å². The number of imide groups is 1. The topological polar surface area (TPSA) is 480 Å². The number of rotatable bonds is 14. The van der Waals surface area contributed by atoms with Crippen LogP contribution in [0.4, 0.5) is 4.79 Å². The SMILES string of the molecule is CN[C@H](CC(C)C)C(=O)N[C@H]1C(=O)C[C@@H](CC(=O)NC(N)=O)C(=O)N[C@H]2C(=O)C[C@H]3C(=O)N[C@H](C(=O)N[C@H](C(=O)CC4C5CC6CC(C5)CC4C6)c4cc(O)cc(O)c4-c4cc3ccc4O)[C@H](O)c3ccc(c(Cl)c3)Oc3cc2cc(c3OC2OC(CNC(C)=O)C(O)C(O)C2O)Oc2ccc(cc2Cl)[C@H]1O. The number of ketones is 3. The highest BCUT2D eigenvalue weighted by Crippen LogP contribution is 2.58. The van der Waals surface area contributed by atoms with Gasteiger partial charge in [0.1, 0.15) is 89.5 Å². The maximum absolute atomic E-state index is 16.3. The van der Waals surface area contributed by atoms with Gasteiger partial charge in [0.05, 0.1) is 27.9 Å². The van der Waals surface area contributed by atoms with E-state index in [4.69, 9.17) is 47.9 Å². The fourth-order valence-electron chi connectivity index (χ4n) is 16.5. The first-order valence-electron chi connectivity index (χ1n) is 35.4. The number of aromatic hydroxyl groups is 3. The number of phenolic OH excluding ortho intramolecular Hbond substituents is 3. The number of carbonyl (C=O) groups is 10. The van der Waals surface area contributed by atoms with E-state index in [0.29, 0.717) is 11.8 Å². The Kier molecular flexibility index (Phi) is 22.9. The van der Waals surface area contributed by atoms with E-state index in [1.165, 1.54) is 43.4 Å². The summed E-state index contributed by atoms with van der Waals surface area (Å²) in [6.45, 7) is 4.36. The average molecular weight is 1520 g/mol. The highest BCUT2D eigenvalue weighted by molar-refractivity contribution is 6.32. The number of urea groups is 1. The second-order valence-electron chi connectivity index (χ2n) is 29.4. The van der Waals surface area contributed by atoms with Crippen molar-refractivity contribution >= 4 is 82.0 Å². The molecule has 8 amide bonds. The molecule has 6 aliphatic heterocycles. The van der Waals surface area contributed by atoms with Gasteiger partial charge in [-0.15, -0.1) is 0 Å². The molecule has 0 radical (unpaired) electrons. The molecule has 1 saturated heterocycles. The van der Waals surface area contributed by atoms with Crippen LogP contribution in [-0.2, 0) is 47.9 Å². The number of nitrogens with one attached hydrogen (secondary N) is 7. The highest BCUT2D eigenvalue weighted by Gasteiger charge is 2.51. The molecule has 0 aromatic heterocycles. The van der Waals surface area contributed by atoms with Crippen molar-refractivity contribution in [2.75, 3.05) is 13.6 Å². The lowest BCUT2D eigenvalue weighted by atomic mass is 9.51. The number of primary amides is 1. The number of ether oxygens (including phenoxy) is 4. The molecule has 14 atom stereocenters. The van der Waals surface area contributed by atoms with Gasteiger partial charge in [-0.25, -0.2) is 4.79 Å². The van der Waals surface area contributed by atoms with E-state index in [-0.39, 0.29) is 91.4 Å². The molecule has 6 heterocycles. The monoisotopic (exact) mass is 1520 g/mol. The van der Waals surface area contributed by atoms with Crippen molar-refractivity contribution in [3.05, 3.63) is 117 Å². The number of aliphatic hydroxyl groups excluding tert-OH is 5. The van der Waals surface area contributed by atoms with Gasteiger partial charge in [0.25, 0.3) is 0 Å². The van der Waals surface area contributed by atoms with E-state index >= 15 is 28.8 Å². The van der Waals surface area contributed by atoms with E-state index in [1.54, 1.807) is 0 Å². The molecule has 4 aliphatic carbocycles. The molecule has 5 fully saturated rings. The van der Waals surface area contributed by atoms with E-state index in [9.17, 15) is 60.0 Å². The third kappa shape index (κ3) is 16.5. The van der Waals surface area contributed by atoms with Gasteiger partial charge in [0.15, 0.2) is 28.8 Å². The molecule has 570 valence electrons. The standard InChI is InChI=1S/C75H84Cl2N8O22/c1-29(2)11-47(79-4)72(101)84-62-50(90)20-39(23-58(93)81-75(78)103)70(99)82-60-38-21-55(104-53-9-6-34(64(62)94)18-45(53)76)69(107-74-68(98)67(97)66(96)57(106-74)28-80-30(3)86)56(22-38)105-54-10-7-35(19-46(54)77)65(95)63-73(102)83-61(52(92)26-41-36-13-31-12-32(15-36)16-37(41)14-31)44-24-40(87)25-49(89)59(44)43-17-33(5-8-48(43)88)42(27-51(60)91)71(100)85-63/h5-10,17-19,21-22,24-25,29,31-32,36-37,39,41-42,47,57,60-68,74,79,87-89,94-98H,11-16,20,23,26-28H2,1-4H3,(H,80,86)(H,82,99)(H,83,102)(H,84,101)(H,85,100)(H3,78,81,93,103)/t31?,32?,36?,37?,39-,41?,42+,47+,57?,60+,61-,62-,63-,64+,65+,66?,67?,68?,74?/m0/s1. The van der Waals surface area contributed by atoms with Crippen LogP contribution in [0.1, 0.15) is 143 Å². The van der Waals surface area contributed by atoms with Crippen molar-refractivity contribution in [2.24, 2.45) is 47.2 Å². The number of amides is 8. The number of carbonyl (C=O) groups excluding carboxylic acids is 10. The molecular formula is C75H84Cl2N8O22. The average Bonchev–Trinajstić information content (AvgIpc) is 0.763. The molecule has 30 nitrogen and oxygen atoms in total. The highest BCUT2D eigenvalue weighted by atomic mass is 35.5. The Morgan fingerprint density at radius 2 is 1.29 bits per heavy atom. The van der Waals surface area contributed by atoms with Gasteiger partial charge in [-0.2, -0.15) is 0 Å². The van der Waals surface area contributed by atoms with Gasteiger partial charge >= 0.3 is 6.03 Å². The minimum absolute atomic E-state index is 0.0722. The number of Topliss-reactive ketones (excluding diaryl/α,β-unsaturated/α-hetero) is 3. The molecule has 15 bridgehead atoms. The summed E-state index contributed by atoms with van der Waals surface area (Å²) in [6, 6.07) is 4.50. The van der Waals surface area contributed by atoms with Crippen LogP contribution in [0.25, 0.3) is 11.1 Å². The van der Waals surface area contributed by atoms with Crippen LogP contribution in [0.2, 0.25) is 10.0 Å². The zero-order valence-corrected chi connectivity index (χ0v) is 60.0. The first-order chi connectivity index (χ1) is 50.8. The van der Waals surface area contributed by atoms with Crippen LogP contribution < -0.4 is 57.2 Å². The van der Waals surface area contributed by atoms with Crippen molar-refractivity contribution in [2.45, 2.75) is 164 Å². The lowest BCUT2D eigenvalue weighted by molar-refractivity contribution is -0.271. The van der Waals surface area contributed by atoms with Crippen LogP contribution in [0.15, 0.2) is 78.9 Å². The molecule has 4 saturated carbocycles. The van der Waals surface area contributed by atoms with Crippen molar-refractivity contribution in [1.82, 2.24) is 37.2 Å². The largest absolute Gasteiger partial charge is 0.508 e. The molecule has 15 rings (SSSR count). The minimum Gasteiger partial charge on any atom is -0.508 e. The van der Waals surface area contributed by atoms with Crippen LogP contribution in [0.3, 0.4) is 0 Å². The number of hydrogen-bond acceptors (Lipinski definition) is 23. The Hall–Kier alpha value is -9.50. The first kappa shape index (κ1) is 77.1. The van der Waals surface area contributed by atoms with Crippen molar-refractivity contribution in [3.63, 3.8) is 0 Å². The number of halogens is 2. The summed E-state index contributed by atoms with van der Waals surface area (Å²) in [6.07, 6.45) is -12.1. The van der Waals surface area contributed by atoms with Gasteiger partial charge in [-0.3, -0.25) is 48.5 Å². The van der Waals surface area contributed by atoms with Gasteiger partial charge < -0.3 is 97.4 Å². The molecule has 5 aromatic carbocycles. The van der Waals surface area contributed by atoms with Crippen molar-refractivity contribution in [3.8, 4) is 57.1 Å². The number of benzene rings is 5. The summed E-state index contributed by atoms with van der Waals surface area (Å²) in [4.78, 5) is 147. The lowest BCUT2D eigenvalue weighted by Gasteiger charge is -2.54. The normalized spacial score (nSPS) is 29.3. The quantitative estimate of drug-likeness (QED) is 0.0719. The maximum Gasteiger partial charge on any atom is 0.318 e. The Balaban J connectivity index is 1.07. The van der Waals surface area contributed by atoms with Crippen LogP contribution in [-0.4, -0.2) is 162 Å². The first-order valence-corrected chi connectivity index (χ1v) is 36.1. The Bertz CT molecular complexity index is 4360. The van der Waals surface area contributed by atoms with Crippen molar-refractivity contribution < 1.29 is 108 Å². The van der Waals surface area contributed by atoms with Gasteiger partial charge in [0, 0.05) is 56.3 Å². The number of phenols is 3. The molecule has 0 spiro atoms. The fraction of sp³-hybridized carbons (Fsp3) is 0.467. The molecular weight excluding hydrogens is 1440 g/mol. The van der Waals surface area contributed by atoms with E-state index in [0.717, 1.165) is 81.5 Å². The Morgan fingerprint density at radius 1 is 0.664 bits per heavy atom. The summed E-state index contributed by atoms with van der Waals surface area (Å²) in [5.41, 5.74) is 3.71. The molecule has 17 N–H and O–H groups in total. The van der Waals surface area contributed by atoms with Crippen molar-refractivity contribution in [1.29, 1.82) is 0 Å². The molecule has 107 heavy (non-hydrogen) atoms. The number of aliphatic hydroxyl groups is 5. The van der Waals surface area contributed by atoms with Gasteiger partial charge in [0.2, 0.25) is 47.5 Å². The predicted molar refractivity (Wildman–Crippen MR) is 378 cm³/mol. The number of fused-ring (bicyclic) bond motifs is 15. The number of hydrogen-bond donors (Lipinski definition) is 16. The summed E-state index contributed by atoms with van der Waals surface area (Å²) >= 11 is 14.2. The fourth-order valence-corrected chi connectivity index (χ4v) is 16.9. The summed E-state index contributed by atoms with van der Waals surface area (Å²) in [5.74, 6) is -16.2. The molecule has 5 aromatic rings. The molecule has 32 heteroatoms.